The van der Waals surface area contributed by atoms with Crippen molar-refractivity contribution in [2.45, 2.75) is 66.7 Å². The first-order valence-corrected chi connectivity index (χ1v) is 17.9. The first-order valence-electron chi connectivity index (χ1n) is 16.7. The van der Waals surface area contributed by atoms with Crippen molar-refractivity contribution in [3.8, 4) is 23.2 Å². The quantitative estimate of drug-likeness (QED) is 0.147. The SMILES string of the molecule is CC.CCCCN(CCC)c1nc(OCC2(CN(C)C)CC2)nc2c(F)c(-c3ccc(F)c4sc(N)c(C#N)c34)c(Cl)cc12.CCOC. The van der Waals surface area contributed by atoms with Crippen molar-refractivity contribution >= 4 is 54.7 Å². The average molecular weight is 703 g/mol. The van der Waals surface area contributed by atoms with Crippen LogP contribution in [0.1, 0.15) is 72.3 Å². The summed E-state index contributed by atoms with van der Waals surface area (Å²) in [7, 11) is 5.75. The van der Waals surface area contributed by atoms with Crippen LogP contribution in [-0.2, 0) is 4.74 Å². The Balaban J connectivity index is 0.000000970. The summed E-state index contributed by atoms with van der Waals surface area (Å²) in [6.07, 6.45) is 4.89. The molecule has 262 valence electrons. The fraction of sp³-hybridized carbons (Fsp3) is 0.528. The summed E-state index contributed by atoms with van der Waals surface area (Å²) in [5, 5.41) is 10.8. The zero-order valence-corrected chi connectivity index (χ0v) is 31.0. The van der Waals surface area contributed by atoms with Gasteiger partial charge in [-0.2, -0.15) is 15.2 Å². The Hall–Kier alpha value is -3.30. The maximum absolute atomic E-state index is 16.7. The van der Waals surface area contributed by atoms with Crippen molar-refractivity contribution in [1.82, 2.24) is 14.9 Å². The lowest BCUT2D eigenvalue weighted by Gasteiger charge is -2.26. The summed E-state index contributed by atoms with van der Waals surface area (Å²) < 4.78 is 42.4. The van der Waals surface area contributed by atoms with Crippen LogP contribution in [0.15, 0.2) is 18.2 Å². The number of fused-ring (bicyclic) bond motifs is 2. The Labute approximate surface area is 292 Å². The average Bonchev–Trinajstić information content (AvgIpc) is 3.74. The van der Waals surface area contributed by atoms with Crippen molar-refractivity contribution in [3.63, 3.8) is 0 Å². The highest BCUT2D eigenvalue weighted by Crippen LogP contribution is 2.47. The highest BCUT2D eigenvalue weighted by atomic mass is 35.5. The van der Waals surface area contributed by atoms with Crippen molar-refractivity contribution in [2.75, 3.05) is 64.7 Å². The lowest BCUT2D eigenvalue weighted by Crippen LogP contribution is -2.29. The van der Waals surface area contributed by atoms with Gasteiger partial charge in [0.2, 0.25) is 0 Å². The molecule has 2 aromatic heterocycles. The molecule has 1 aliphatic carbocycles. The highest BCUT2D eigenvalue weighted by Gasteiger charge is 2.44. The number of aromatic nitrogens is 2. The van der Waals surface area contributed by atoms with E-state index in [4.69, 9.17) is 27.1 Å². The molecule has 0 unspecified atom stereocenters. The van der Waals surface area contributed by atoms with Crippen LogP contribution < -0.4 is 15.4 Å². The Bertz CT molecular complexity index is 1720. The van der Waals surface area contributed by atoms with Gasteiger partial charge in [-0.15, -0.1) is 11.3 Å². The van der Waals surface area contributed by atoms with Crippen LogP contribution in [0.3, 0.4) is 0 Å². The molecule has 0 radical (unpaired) electrons. The van der Waals surface area contributed by atoms with E-state index >= 15 is 4.39 Å². The lowest BCUT2D eigenvalue weighted by molar-refractivity contribution is 0.183. The van der Waals surface area contributed by atoms with Gasteiger partial charge in [0, 0.05) is 55.1 Å². The van der Waals surface area contributed by atoms with E-state index in [1.807, 2.05) is 40.9 Å². The molecule has 0 bridgehead atoms. The highest BCUT2D eigenvalue weighted by molar-refractivity contribution is 7.23. The molecule has 0 saturated heterocycles. The van der Waals surface area contributed by atoms with E-state index in [2.05, 4.69) is 33.4 Å². The summed E-state index contributed by atoms with van der Waals surface area (Å²) in [5.74, 6) is -0.659. The molecule has 48 heavy (non-hydrogen) atoms. The molecular formula is C36H49ClF2N6O2S. The van der Waals surface area contributed by atoms with Crippen molar-refractivity contribution in [1.29, 1.82) is 5.26 Å². The lowest BCUT2D eigenvalue weighted by atomic mass is 9.97. The van der Waals surface area contributed by atoms with Crippen molar-refractivity contribution in [2.24, 2.45) is 5.41 Å². The second kappa shape index (κ2) is 17.9. The van der Waals surface area contributed by atoms with Gasteiger partial charge < -0.3 is 25.0 Å². The van der Waals surface area contributed by atoms with Gasteiger partial charge in [0.05, 0.1) is 21.9 Å². The van der Waals surface area contributed by atoms with Crippen LogP contribution in [0.2, 0.25) is 5.02 Å². The molecule has 8 nitrogen and oxygen atoms in total. The predicted molar refractivity (Wildman–Crippen MR) is 196 cm³/mol. The van der Waals surface area contributed by atoms with Gasteiger partial charge in [0.15, 0.2) is 5.82 Å². The number of hydrogen-bond donors (Lipinski definition) is 1. The number of thiophene rings is 1. The zero-order valence-electron chi connectivity index (χ0n) is 29.5. The molecule has 1 aliphatic rings. The van der Waals surface area contributed by atoms with Crippen LogP contribution in [0.25, 0.3) is 32.1 Å². The number of benzene rings is 2. The van der Waals surface area contributed by atoms with E-state index in [9.17, 15) is 9.65 Å². The third-order valence-corrected chi connectivity index (χ3v) is 9.35. The molecule has 2 N–H and O–H groups in total. The minimum absolute atomic E-state index is 0.0286. The van der Waals surface area contributed by atoms with E-state index < -0.39 is 11.6 Å². The smallest absolute Gasteiger partial charge is 0.319 e. The van der Waals surface area contributed by atoms with Crippen LogP contribution in [-0.4, -0.2) is 68.9 Å². The van der Waals surface area contributed by atoms with Gasteiger partial charge in [-0.05, 0) is 64.4 Å². The third kappa shape index (κ3) is 8.83. The van der Waals surface area contributed by atoms with Gasteiger partial charge in [0.25, 0.3) is 0 Å². The Morgan fingerprint density at radius 1 is 1.10 bits per heavy atom. The van der Waals surface area contributed by atoms with E-state index in [1.54, 1.807) is 13.2 Å². The summed E-state index contributed by atoms with van der Waals surface area (Å²) in [6, 6.07) is 6.48. The minimum atomic E-state index is -0.686. The van der Waals surface area contributed by atoms with Gasteiger partial charge in [0.1, 0.15) is 28.2 Å². The van der Waals surface area contributed by atoms with Crippen LogP contribution in [0.4, 0.5) is 19.6 Å². The molecule has 1 fully saturated rings. The van der Waals surface area contributed by atoms with Crippen molar-refractivity contribution < 1.29 is 18.3 Å². The monoisotopic (exact) mass is 702 g/mol. The maximum atomic E-state index is 16.7. The van der Waals surface area contributed by atoms with Gasteiger partial charge >= 0.3 is 6.01 Å². The summed E-state index contributed by atoms with van der Waals surface area (Å²) in [4.78, 5) is 13.6. The molecule has 5 rings (SSSR count). The Morgan fingerprint density at radius 3 is 2.35 bits per heavy atom. The number of halogens is 3. The molecule has 0 aliphatic heterocycles. The number of nitrogen functional groups attached to an aromatic ring is 1. The van der Waals surface area contributed by atoms with Gasteiger partial charge in [-0.1, -0.05) is 51.8 Å². The number of ether oxygens (including phenoxy) is 2. The molecule has 1 saturated carbocycles. The number of nitrogens with zero attached hydrogens (tertiary/aromatic N) is 5. The van der Waals surface area contributed by atoms with E-state index in [-0.39, 0.29) is 53.7 Å². The summed E-state index contributed by atoms with van der Waals surface area (Å²) in [6.45, 7) is 13.7. The fourth-order valence-corrected chi connectivity index (χ4v) is 6.82. The van der Waals surface area contributed by atoms with Crippen LogP contribution in [0.5, 0.6) is 6.01 Å². The standard InChI is InChI=1S/C31H35ClF2N6OS.C3H8O.C2H6/c1-5-7-13-40(12-6-2)29-19-14-21(32)24(18-8-9-22(33)27-23(18)20(15-35)28(36)42-27)25(34)26(19)37-30(38-29)41-17-31(10-11-31)16-39(3)4;1-3-4-2;1-2/h8-9,14H,5-7,10-13,16-17,36H2,1-4H3;3H2,1-2H3;1-2H3. The number of unbranched alkanes of at least 4 members (excludes halogenated alkanes) is 1. The van der Waals surface area contributed by atoms with Gasteiger partial charge in [-0.3, -0.25) is 0 Å². The number of rotatable bonds is 13. The molecule has 4 aromatic rings. The van der Waals surface area contributed by atoms with Crippen LogP contribution >= 0.6 is 22.9 Å². The second-order valence-electron chi connectivity index (χ2n) is 12.0. The maximum Gasteiger partial charge on any atom is 0.319 e. The fourth-order valence-electron chi connectivity index (χ4n) is 5.58. The third-order valence-electron chi connectivity index (χ3n) is 8.02. The first-order chi connectivity index (χ1) is 23.0. The minimum Gasteiger partial charge on any atom is -0.463 e. The largest absolute Gasteiger partial charge is 0.463 e. The molecule has 2 heterocycles. The first kappa shape index (κ1) is 39.1. The predicted octanol–water partition coefficient (Wildman–Crippen LogP) is 9.31. The number of methoxy groups -OCH3 is 1. The van der Waals surface area contributed by atoms with Gasteiger partial charge in [-0.25, -0.2) is 8.78 Å². The topological polar surface area (TPSA) is 101 Å². The summed E-state index contributed by atoms with van der Waals surface area (Å²) in [5.41, 5.74) is 6.54. The molecular weight excluding hydrogens is 654 g/mol. The number of nitriles is 1. The normalized spacial score (nSPS) is 13.1. The number of hydrogen-bond acceptors (Lipinski definition) is 9. The zero-order chi connectivity index (χ0) is 35.6. The molecule has 12 heteroatoms. The van der Waals surface area contributed by atoms with E-state index in [0.29, 0.717) is 17.8 Å². The number of nitrogens with two attached hydrogens (primary N) is 1. The Morgan fingerprint density at radius 2 is 1.79 bits per heavy atom. The van der Waals surface area contributed by atoms with E-state index in [0.717, 1.165) is 69.7 Å². The molecule has 0 spiro atoms. The second-order valence-corrected chi connectivity index (χ2v) is 13.4. The Kier molecular flexibility index (Phi) is 14.6. The molecule has 0 atom stereocenters. The van der Waals surface area contributed by atoms with Crippen molar-refractivity contribution in [3.05, 3.63) is 40.4 Å². The van der Waals surface area contributed by atoms with E-state index in [1.165, 1.54) is 12.1 Å². The molecule has 0 amide bonds. The molecule has 2 aromatic carbocycles. The number of anilines is 2. The van der Waals surface area contributed by atoms with Crippen LogP contribution in [0, 0.1) is 28.4 Å². The summed E-state index contributed by atoms with van der Waals surface area (Å²) >= 11 is 7.76.